The van der Waals surface area contributed by atoms with Gasteiger partial charge in [-0.3, -0.25) is 9.59 Å². The molecular formula is C24H20F2N2O3. The molecule has 0 fully saturated rings. The SMILES string of the molecule is COc1ccc([C@H](CC(=O)Nc2ccc(F)c(F)c2)N2Cc3ccccc3C2=O)cc1. The number of hydrogen-bond donors (Lipinski definition) is 1. The first kappa shape index (κ1) is 20.5. The van der Waals surface area contributed by atoms with Gasteiger partial charge in [0, 0.05) is 23.9 Å². The van der Waals surface area contributed by atoms with Crippen molar-refractivity contribution in [2.45, 2.75) is 19.0 Å². The molecule has 158 valence electrons. The number of halogens is 2. The summed E-state index contributed by atoms with van der Waals surface area (Å²) in [6.45, 7) is 0.379. The van der Waals surface area contributed by atoms with Crippen molar-refractivity contribution in [2.24, 2.45) is 0 Å². The van der Waals surface area contributed by atoms with E-state index in [1.165, 1.54) is 6.07 Å². The smallest absolute Gasteiger partial charge is 0.255 e. The molecule has 1 N–H and O–H groups in total. The van der Waals surface area contributed by atoms with Crippen LogP contribution in [0.25, 0.3) is 0 Å². The van der Waals surface area contributed by atoms with Crippen molar-refractivity contribution in [1.82, 2.24) is 4.90 Å². The second-order valence-electron chi connectivity index (χ2n) is 7.26. The number of benzene rings is 3. The summed E-state index contributed by atoms with van der Waals surface area (Å²) < 4.78 is 31.9. The molecule has 31 heavy (non-hydrogen) atoms. The second-order valence-corrected chi connectivity index (χ2v) is 7.26. The minimum atomic E-state index is -1.05. The Balaban J connectivity index is 1.60. The average molecular weight is 422 g/mol. The van der Waals surface area contributed by atoms with Crippen LogP contribution in [0.2, 0.25) is 0 Å². The number of fused-ring (bicyclic) bond motifs is 1. The van der Waals surface area contributed by atoms with Crippen molar-refractivity contribution >= 4 is 17.5 Å². The van der Waals surface area contributed by atoms with Crippen LogP contribution in [0.15, 0.2) is 66.7 Å². The number of rotatable bonds is 6. The molecule has 1 aliphatic rings. The van der Waals surface area contributed by atoms with E-state index in [0.29, 0.717) is 17.9 Å². The van der Waals surface area contributed by atoms with Gasteiger partial charge in [-0.25, -0.2) is 8.78 Å². The third-order valence-electron chi connectivity index (χ3n) is 5.31. The molecule has 5 nitrogen and oxygen atoms in total. The van der Waals surface area contributed by atoms with E-state index in [1.54, 1.807) is 36.3 Å². The van der Waals surface area contributed by atoms with E-state index < -0.39 is 23.6 Å². The van der Waals surface area contributed by atoms with Gasteiger partial charge in [0.1, 0.15) is 5.75 Å². The van der Waals surface area contributed by atoms with Crippen LogP contribution in [-0.4, -0.2) is 23.8 Å². The lowest BCUT2D eigenvalue weighted by Crippen LogP contribution is -2.32. The van der Waals surface area contributed by atoms with Gasteiger partial charge in [0.25, 0.3) is 5.91 Å². The van der Waals surface area contributed by atoms with E-state index in [1.807, 2.05) is 24.3 Å². The first-order valence-electron chi connectivity index (χ1n) is 9.74. The van der Waals surface area contributed by atoms with E-state index in [-0.39, 0.29) is 18.0 Å². The number of carbonyl (C=O) groups excluding carboxylic acids is 2. The van der Waals surface area contributed by atoms with Gasteiger partial charge in [-0.15, -0.1) is 0 Å². The summed E-state index contributed by atoms with van der Waals surface area (Å²) in [6, 6.07) is 17.1. The molecule has 0 radical (unpaired) electrons. The molecule has 4 rings (SSSR count). The van der Waals surface area contributed by atoms with Crippen LogP contribution in [-0.2, 0) is 11.3 Å². The van der Waals surface area contributed by atoms with Crippen molar-refractivity contribution in [3.63, 3.8) is 0 Å². The van der Waals surface area contributed by atoms with Gasteiger partial charge < -0.3 is 15.0 Å². The number of nitrogens with one attached hydrogen (secondary N) is 1. The fourth-order valence-corrected chi connectivity index (χ4v) is 3.72. The minimum absolute atomic E-state index is 0.0505. The van der Waals surface area contributed by atoms with Crippen molar-refractivity contribution in [2.75, 3.05) is 12.4 Å². The largest absolute Gasteiger partial charge is 0.497 e. The highest BCUT2D eigenvalue weighted by atomic mass is 19.2. The Morgan fingerprint density at radius 3 is 2.48 bits per heavy atom. The fourth-order valence-electron chi connectivity index (χ4n) is 3.72. The molecule has 2 amide bonds. The zero-order valence-corrected chi connectivity index (χ0v) is 16.8. The molecular weight excluding hydrogens is 402 g/mol. The van der Waals surface area contributed by atoms with Gasteiger partial charge in [0.2, 0.25) is 5.91 Å². The lowest BCUT2D eigenvalue weighted by molar-refractivity contribution is -0.117. The predicted octanol–water partition coefficient (Wildman–Crippen LogP) is 4.70. The van der Waals surface area contributed by atoms with Gasteiger partial charge in [0.05, 0.1) is 19.6 Å². The van der Waals surface area contributed by atoms with Crippen LogP contribution in [0.3, 0.4) is 0 Å². The normalized spacial score (nSPS) is 13.6. The van der Waals surface area contributed by atoms with Crippen LogP contribution in [0.5, 0.6) is 5.75 Å². The van der Waals surface area contributed by atoms with Gasteiger partial charge >= 0.3 is 0 Å². The monoisotopic (exact) mass is 422 g/mol. The average Bonchev–Trinajstić information content (AvgIpc) is 3.11. The molecule has 0 aliphatic carbocycles. The quantitative estimate of drug-likeness (QED) is 0.627. The summed E-state index contributed by atoms with van der Waals surface area (Å²) in [6.07, 6.45) is -0.0505. The second kappa shape index (κ2) is 8.55. The molecule has 0 bridgehead atoms. The predicted molar refractivity (Wildman–Crippen MR) is 112 cm³/mol. The molecule has 1 atom stereocenters. The van der Waals surface area contributed by atoms with Crippen molar-refractivity contribution < 1.29 is 23.1 Å². The molecule has 0 saturated carbocycles. The molecule has 0 aromatic heterocycles. The summed E-state index contributed by atoms with van der Waals surface area (Å²) >= 11 is 0. The summed E-state index contributed by atoms with van der Waals surface area (Å²) in [5.41, 5.74) is 2.42. The van der Waals surface area contributed by atoms with Crippen molar-refractivity contribution in [1.29, 1.82) is 0 Å². The summed E-state index contributed by atoms with van der Waals surface area (Å²) in [5.74, 6) is -1.96. The third-order valence-corrected chi connectivity index (χ3v) is 5.31. The van der Waals surface area contributed by atoms with E-state index in [2.05, 4.69) is 5.32 Å². The van der Waals surface area contributed by atoms with E-state index in [4.69, 9.17) is 4.74 Å². The Morgan fingerprint density at radius 1 is 1.06 bits per heavy atom. The number of anilines is 1. The van der Waals surface area contributed by atoms with Crippen LogP contribution in [0, 0.1) is 11.6 Å². The van der Waals surface area contributed by atoms with Crippen molar-refractivity contribution in [3.05, 3.63) is 95.1 Å². The number of ether oxygens (including phenoxy) is 1. The highest BCUT2D eigenvalue weighted by molar-refractivity contribution is 5.99. The number of amides is 2. The number of carbonyl (C=O) groups is 2. The highest BCUT2D eigenvalue weighted by Crippen LogP contribution is 2.34. The standard InChI is InChI=1S/C24H20F2N2O3/c1-31-18-9-6-15(7-10-18)22(28-14-16-4-2-3-5-19(16)24(28)30)13-23(29)27-17-8-11-20(25)21(26)12-17/h2-12,22H,13-14H2,1H3,(H,27,29)/t22-/m0/s1. The molecule has 3 aromatic rings. The van der Waals surface area contributed by atoms with Gasteiger partial charge in [-0.1, -0.05) is 30.3 Å². The Morgan fingerprint density at radius 2 is 1.81 bits per heavy atom. The van der Waals surface area contributed by atoms with Crippen molar-refractivity contribution in [3.8, 4) is 5.75 Å². The first-order valence-corrected chi connectivity index (χ1v) is 9.74. The highest BCUT2D eigenvalue weighted by Gasteiger charge is 2.34. The molecule has 0 saturated heterocycles. The Hall–Kier alpha value is -3.74. The number of methoxy groups -OCH3 is 1. The van der Waals surface area contributed by atoms with Gasteiger partial charge in [-0.2, -0.15) is 0 Å². The maximum Gasteiger partial charge on any atom is 0.255 e. The first-order chi connectivity index (χ1) is 15.0. The van der Waals surface area contributed by atoms with Crippen LogP contribution >= 0.6 is 0 Å². The molecule has 1 heterocycles. The molecule has 7 heteroatoms. The van der Waals surface area contributed by atoms with Gasteiger partial charge in [-0.05, 0) is 41.5 Å². The van der Waals surface area contributed by atoms with E-state index in [9.17, 15) is 18.4 Å². The fraction of sp³-hybridized carbons (Fsp3) is 0.167. The molecule has 0 unspecified atom stereocenters. The lowest BCUT2D eigenvalue weighted by atomic mass is 10.0. The Bertz CT molecular complexity index is 1130. The number of nitrogens with zero attached hydrogens (tertiary/aromatic N) is 1. The Kier molecular flexibility index (Phi) is 5.66. The van der Waals surface area contributed by atoms with Gasteiger partial charge in [0.15, 0.2) is 11.6 Å². The molecule has 0 spiro atoms. The topological polar surface area (TPSA) is 58.6 Å². The minimum Gasteiger partial charge on any atom is -0.497 e. The van der Waals surface area contributed by atoms with Crippen LogP contribution in [0.4, 0.5) is 14.5 Å². The maximum absolute atomic E-state index is 13.5. The molecule has 3 aromatic carbocycles. The zero-order chi connectivity index (χ0) is 22.0. The Labute approximate surface area is 178 Å². The summed E-state index contributed by atoms with van der Waals surface area (Å²) in [4.78, 5) is 27.4. The maximum atomic E-state index is 13.5. The van der Waals surface area contributed by atoms with E-state index in [0.717, 1.165) is 23.3 Å². The van der Waals surface area contributed by atoms with Crippen LogP contribution in [0.1, 0.15) is 33.9 Å². The number of hydrogen-bond acceptors (Lipinski definition) is 3. The van der Waals surface area contributed by atoms with Crippen LogP contribution < -0.4 is 10.1 Å². The lowest BCUT2D eigenvalue weighted by Gasteiger charge is -2.28. The third kappa shape index (κ3) is 4.26. The zero-order valence-electron chi connectivity index (χ0n) is 16.8. The van der Waals surface area contributed by atoms with E-state index >= 15 is 0 Å². The summed E-state index contributed by atoms with van der Waals surface area (Å²) in [5, 5.41) is 2.58. The molecule has 1 aliphatic heterocycles. The summed E-state index contributed by atoms with van der Waals surface area (Å²) in [7, 11) is 1.56.